The van der Waals surface area contributed by atoms with Crippen LogP contribution in [0.25, 0.3) is 28.4 Å². The third-order valence-electron chi connectivity index (χ3n) is 7.96. The molecule has 0 bridgehead atoms. The standard InChI is InChI=1S/C30H20ClNO9/c1-3-4-5-6-11-9-13-16(29(40)32-11)26(37)21-12(22(13)31)7-8-30(21)27(38)19-20(28(30)39)25(36)18-17(24(19)35)14(33)10-15(41-2)23(18)34/h3-6,9-10,37-39H,7-8H2,1-2H3,(H,32,40)/b4-3+,6-5+/t30-/m0/s1. The van der Waals surface area contributed by atoms with E-state index in [1.165, 1.54) is 0 Å². The van der Waals surface area contributed by atoms with Crippen LogP contribution in [0.2, 0.25) is 5.02 Å². The van der Waals surface area contributed by atoms with Crippen LogP contribution in [0.3, 0.4) is 0 Å². The van der Waals surface area contributed by atoms with Gasteiger partial charge in [-0.2, -0.15) is 0 Å². The van der Waals surface area contributed by atoms with Gasteiger partial charge >= 0.3 is 0 Å². The number of nitrogens with one attached hydrogen (secondary N) is 1. The normalized spacial score (nSPS) is 18.0. The lowest BCUT2D eigenvalue weighted by molar-refractivity contribution is 0.362. The van der Waals surface area contributed by atoms with Crippen molar-refractivity contribution in [2.75, 3.05) is 7.11 Å². The van der Waals surface area contributed by atoms with Crippen LogP contribution in [0.4, 0.5) is 0 Å². The van der Waals surface area contributed by atoms with E-state index in [2.05, 4.69) is 4.98 Å². The zero-order valence-corrected chi connectivity index (χ0v) is 22.3. The van der Waals surface area contributed by atoms with Gasteiger partial charge in [0, 0.05) is 22.7 Å². The maximum atomic E-state index is 13.6. The molecule has 1 aromatic carbocycles. The molecule has 0 radical (unpaired) electrons. The Morgan fingerprint density at radius 2 is 1.59 bits per heavy atom. The van der Waals surface area contributed by atoms with Gasteiger partial charge in [-0.1, -0.05) is 29.8 Å². The summed E-state index contributed by atoms with van der Waals surface area (Å²) in [5.41, 5.74) is -6.45. The molecule has 6 rings (SSSR count). The van der Waals surface area contributed by atoms with E-state index in [0.29, 0.717) is 5.69 Å². The molecule has 4 aliphatic carbocycles. The lowest BCUT2D eigenvalue weighted by Crippen LogP contribution is -2.51. The Labute approximate surface area is 233 Å². The Bertz CT molecular complexity index is 2410. The van der Waals surface area contributed by atoms with Crippen molar-refractivity contribution in [1.82, 2.24) is 4.98 Å². The van der Waals surface area contributed by atoms with Crippen molar-refractivity contribution in [3.8, 4) is 11.5 Å². The Kier molecular flexibility index (Phi) is 5.62. The van der Waals surface area contributed by atoms with E-state index in [1.54, 1.807) is 30.4 Å². The number of aromatic hydroxyl groups is 1. The Morgan fingerprint density at radius 3 is 2.22 bits per heavy atom. The Hall–Kier alpha value is -4.96. The number of ether oxygens (including phenoxy) is 1. The predicted octanol–water partition coefficient (Wildman–Crippen LogP) is 0.756. The zero-order chi connectivity index (χ0) is 29.5. The number of phenols is 1. The molecule has 1 spiro atoms. The highest BCUT2D eigenvalue weighted by Gasteiger charge is 2.53. The third-order valence-corrected chi connectivity index (χ3v) is 8.39. The molecule has 206 valence electrons. The lowest BCUT2D eigenvalue weighted by atomic mass is 9.78. The average Bonchev–Trinajstić information content (AvgIpc) is 3.45. The lowest BCUT2D eigenvalue weighted by Gasteiger charge is -2.27. The second-order valence-corrected chi connectivity index (χ2v) is 10.3. The smallest absolute Gasteiger partial charge is 0.260 e. The SMILES string of the molecule is C/C=C/C=C/c1cc2c(Cl)c3c(c(O)c2c(=O)[nH]1)[C@@]1(CC3)C(O)=c2c(=O)c3c(=O)cc(OC)c(=O)c=3c(=O)c2=C1O. The second-order valence-electron chi connectivity index (χ2n) is 9.91. The van der Waals surface area contributed by atoms with Crippen molar-refractivity contribution in [2.24, 2.45) is 0 Å². The number of aliphatic hydroxyl groups is 2. The molecule has 41 heavy (non-hydrogen) atoms. The van der Waals surface area contributed by atoms with Crippen molar-refractivity contribution in [2.45, 2.75) is 25.2 Å². The zero-order valence-electron chi connectivity index (χ0n) is 21.5. The van der Waals surface area contributed by atoms with E-state index < -0.39 is 76.6 Å². The molecule has 0 aliphatic heterocycles. The topological polar surface area (TPSA) is 171 Å². The summed E-state index contributed by atoms with van der Waals surface area (Å²) in [6.45, 7) is 1.83. The highest BCUT2D eigenvalue weighted by molar-refractivity contribution is 6.37. The maximum Gasteiger partial charge on any atom is 0.260 e. The summed E-state index contributed by atoms with van der Waals surface area (Å²) in [6.07, 6.45) is 6.81. The fourth-order valence-corrected chi connectivity index (χ4v) is 6.51. The molecule has 0 saturated carbocycles. The van der Waals surface area contributed by atoms with E-state index in [9.17, 15) is 39.3 Å². The number of aromatic nitrogens is 1. The number of fused-ring (bicyclic) bond motifs is 4. The van der Waals surface area contributed by atoms with Crippen molar-refractivity contribution in [1.29, 1.82) is 0 Å². The van der Waals surface area contributed by atoms with Crippen molar-refractivity contribution >= 4 is 40.0 Å². The number of rotatable bonds is 3. The molecular weight excluding hydrogens is 554 g/mol. The molecule has 10 nitrogen and oxygen atoms in total. The Balaban J connectivity index is 1.78. The number of phenolic OH excluding ortho intramolecular Hbond substituents is 1. The van der Waals surface area contributed by atoms with Gasteiger partial charge in [0.1, 0.15) is 22.7 Å². The fraction of sp³-hybridized carbons (Fsp3) is 0.167. The van der Waals surface area contributed by atoms with Gasteiger partial charge in [0.25, 0.3) is 5.56 Å². The molecule has 1 atom stereocenters. The van der Waals surface area contributed by atoms with Crippen LogP contribution in [0.5, 0.6) is 11.5 Å². The number of aromatic amines is 1. The minimum atomic E-state index is -2.03. The molecule has 11 heteroatoms. The molecule has 0 unspecified atom stereocenters. The number of hydrogen-bond acceptors (Lipinski definition) is 9. The summed E-state index contributed by atoms with van der Waals surface area (Å²) in [4.78, 5) is 68.6. The molecular formula is C30H20ClNO9. The quantitative estimate of drug-likeness (QED) is 0.258. The summed E-state index contributed by atoms with van der Waals surface area (Å²) in [7, 11) is 1.12. The number of methoxy groups -OCH3 is 1. The largest absolute Gasteiger partial charge is 0.510 e. The molecule has 2 aromatic rings. The third kappa shape index (κ3) is 3.16. The van der Waals surface area contributed by atoms with Crippen molar-refractivity contribution < 1.29 is 20.1 Å². The maximum absolute atomic E-state index is 13.6. The van der Waals surface area contributed by atoms with Gasteiger partial charge in [0.2, 0.25) is 16.3 Å². The minimum Gasteiger partial charge on any atom is -0.510 e. The highest BCUT2D eigenvalue weighted by Crippen LogP contribution is 2.56. The van der Waals surface area contributed by atoms with Gasteiger partial charge in [-0.3, -0.25) is 24.0 Å². The van der Waals surface area contributed by atoms with E-state index >= 15 is 0 Å². The van der Waals surface area contributed by atoms with Crippen LogP contribution in [0, 0.1) is 10.4 Å². The van der Waals surface area contributed by atoms with Gasteiger partial charge in [0.15, 0.2) is 11.2 Å². The summed E-state index contributed by atoms with van der Waals surface area (Å²) in [5.74, 6) is -2.65. The number of aliphatic hydroxyl groups excluding tert-OH is 2. The molecule has 0 amide bonds. The van der Waals surface area contributed by atoms with Crippen LogP contribution < -0.4 is 42.4 Å². The van der Waals surface area contributed by atoms with Gasteiger partial charge < -0.3 is 25.0 Å². The van der Waals surface area contributed by atoms with Crippen LogP contribution in [-0.2, 0) is 11.8 Å². The first-order valence-electron chi connectivity index (χ1n) is 12.5. The van der Waals surface area contributed by atoms with Gasteiger partial charge in [0.05, 0.1) is 38.4 Å². The monoisotopic (exact) mass is 573 g/mol. The van der Waals surface area contributed by atoms with Gasteiger partial charge in [-0.25, -0.2) is 0 Å². The minimum absolute atomic E-state index is 0.0751. The highest BCUT2D eigenvalue weighted by atomic mass is 35.5. The van der Waals surface area contributed by atoms with Crippen molar-refractivity contribution in [3.63, 3.8) is 0 Å². The number of hydrogen-bond donors (Lipinski definition) is 4. The number of pyridine rings is 1. The van der Waals surface area contributed by atoms with Crippen LogP contribution in [-0.4, -0.2) is 27.4 Å². The van der Waals surface area contributed by atoms with E-state index in [-0.39, 0.29) is 39.8 Å². The average molecular weight is 574 g/mol. The van der Waals surface area contributed by atoms with Crippen LogP contribution >= 0.6 is 11.6 Å². The predicted molar refractivity (Wildman–Crippen MR) is 152 cm³/mol. The number of halogens is 1. The summed E-state index contributed by atoms with van der Waals surface area (Å²) >= 11 is 6.75. The Morgan fingerprint density at radius 1 is 0.927 bits per heavy atom. The van der Waals surface area contributed by atoms with E-state index in [1.807, 2.05) is 6.92 Å². The van der Waals surface area contributed by atoms with Crippen LogP contribution in [0.1, 0.15) is 30.2 Å². The van der Waals surface area contributed by atoms with Gasteiger partial charge in [-0.15, -0.1) is 0 Å². The summed E-state index contributed by atoms with van der Waals surface area (Å²) in [6, 6.07) is 2.35. The van der Waals surface area contributed by atoms with Crippen LogP contribution in [0.15, 0.2) is 54.3 Å². The number of H-pyrrole nitrogens is 1. The molecule has 1 heterocycles. The first-order valence-corrected chi connectivity index (χ1v) is 12.8. The van der Waals surface area contributed by atoms with E-state index in [0.717, 1.165) is 13.2 Å². The number of allylic oxidation sites excluding steroid dienone is 3. The summed E-state index contributed by atoms with van der Waals surface area (Å²) in [5, 5.41) is 31.8. The van der Waals surface area contributed by atoms with Gasteiger partial charge in [-0.05, 0) is 37.5 Å². The summed E-state index contributed by atoms with van der Waals surface area (Å²) < 4.78 is 4.89. The number of benzene rings is 1. The second kappa shape index (κ2) is 8.77. The molecule has 0 fully saturated rings. The van der Waals surface area contributed by atoms with Crippen molar-refractivity contribution in [3.05, 3.63) is 124 Å². The fourth-order valence-electron chi connectivity index (χ4n) is 6.17. The molecule has 1 aromatic heterocycles. The molecule has 0 saturated heterocycles. The van der Waals surface area contributed by atoms with E-state index in [4.69, 9.17) is 16.3 Å². The molecule has 4 aliphatic rings. The first-order chi connectivity index (χ1) is 19.5. The molecule has 4 N–H and O–H groups in total. The first kappa shape index (κ1) is 26.3.